The van der Waals surface area contributed by atoms with Crippen LogP contribution in [0.2, 0.25) is 5.02 Å². The number of fused-ring (bicyclic) bond motifs is 2. The van der Waals surface area contributed by atoms with Gasteiger partial charge in [0.05, 0.1) is 24.7 Å². The summed E-state index contributed by atoms with van der Waals surface area (Å²) in [7, 11) is 0. The van der Waals surface area contributed by atoms with Crippen molar-refractivity contribution < 1.29 is 19.5 Å². The first kappa shape index (κ1) is 30.5. The second-order valence-electron chi connectivity index (χ2n) is 11.4. The van der Waals surface area contributed by atoms with E-state index in [-0.39, 0.29) is 50.4 Å². The second kappa shape index (κ2) is 13.2. The molecule has 45 heavy (non-hydrogen) atoms. The van der Waals surface area contributed by atoms with Gasteiger partial charge in [-0.05, 0) is 41.3 Å². The van der Waals surface area contributed by atoms with Crippen molar-refractivity contribution in [1.82, 2.24) is 30.1 Å². The highest BCUT2D eigenvalue weighted by atomic mass is 35.5. The number of amides is 4. The molecule has 2 aliphatic heterocycles. The van der Waals surface area contributed by atoms with Gasteiger partial charge in [-0.3, -0.25) is 14.6 Å². The van der Waals surface area contributed by atoms with Gasteiger partial charge in [0.15, 0.2) is 0 Å². The lowest BCUT2D eigenvalue weighted by Gasteiger charge is -2.55. The summed E-state index contributed by atoms with van der Waals surface area (Å²) < 4.78 is 0. The van der Waals surface area contributed by atoms with Gasteiger partial charge in [0.25, 0.3) is 0 Å². The molecule has 1 aromatic heterocycles. The molecular weight excluding hydrogens is 592 g/mol. The average molecular weight is 627 g/mol. The number of piperazine rings is 1. The Morgan fingerprint density at radius 3 is 2.71 bits per heavy atom. The molecule has 2 fully saturated rings. The summed E-state index contributed by atoms with van der Waals surface area (Å²) in [6.45, 7) is 4.65. The molecule has 4 amide bonds. The maximum Gasteiger partial charge on any atom is 0.334 e. The zero-order chi connectivity index (χ0) is 31.5. The number of carbonyl (C=O) groups excluding carboxylic acids is 3. The van der Waals surface area contributed by atoms with E-state index in [4.69, 9.17) is 11.6 Å². The Labute approximate surface area is 266 Å². The Kier molecular flexibility index (Phi) is 8.97. The van der Waals surface area contributed by atoms with E-state index in [1.807, 2.05) is 54.6 Å². The second-order valence-corrected chi connectivity index (χ2v) is 11.8. The fourth-order valence-corrected chi connectivity index (χ4v) is 6.47. The van der Waals surface area contributed by atoms with Crippen molar-refractivity contribution in [3.05, 3.63) is 113 Å². The molecule has 3 atom stereocenters. The first-order chi connectivity index (χ1) is 21.8. The van der Waals surface area contributed by atoms with E-state index in [1.165, 1.54) is 0 Å². The number of halogens is 1. The molecular formula is C34H35ClN6O4. The molecule has 0 radical (unpaired) electrons. The lowest BCUT2D eigenvalue weighted by Crippen LogP contribution is -2.76. The topological polar surface area (TPSA) is 109 Å². The third kappa shape index (κ3) is 6.35. The molecule has 3 heterocycles. The van der Waals surface area contributed by atoms with Crippen LogP contribution in [0, 0.1) is 0 Å². The fraction of sp³-hybridized carbons (Fsp3) is 0.294. The maximum atomic E-state index is 14.3. The molecule has 0 saturated carbocycles. The van der Waals surface area contributed by atoms with Gasteiger partial charge in [-0.2, -0.15) is 0 Å². The minimum Gasteiger partial charge on any atom is -0.389 e. The molecule has 0 bridgehead atoms. The van der Waals surface area contributed by atoms with Crippen LogP contribution in [0.5, 0.6) is 0 Å². The number of aromatic nitrogens is 1. The minimum atomic E-state index is -0.857. The number of hydrogen-bond donors (Lipinski definition) is 2. The number of urea groups is 1. The molecule has 6 rings (SSSR count). The van der Waals surface area contributed by atoms with Crippen molar-refractivity contribution in [2.45, 2.75) is 44.2 Å². The van der Waals surface area contributed by atoms with Crippen LogP contribution in [0.4, 0.5) is 4.79 Å². The maximum absolute atomic E-state index is 14.3. The van der Waals surface area contributed by atoms with Gasteiger partial charge in [-0.15, -0.1) is 6.58 Å². The molecule has 11 heteroatoms. The number of aliphatic hydroxyl groups is 1. The normalized spacial score (nSPS) is 22.0. The number of rotatable bonds is 8. The predicted molar refractivity (Wildman–Crippen MR) is 171 cm³/mol. The highest BCUT2D eigenvalue weighted by Gasteiger charge is 2.51. The van der Waals surface area contributed by atoms with Crippen LogP contribution in [0.1, 0.15) is 24.0 Å². The van der Waals surface area contributed by atoms with E-state index in [1.54, 1.807) is 50.3 Å². The molecule has 0 spiro atoms. The molecule has 2 saturated heterocycles. The summed E-state index contributed by atoms with van der Waals surface area (Å²) in [4.78, 5) is 49.9. The van der Waals surface area contributed by atoms with Crippen LogP contribution in [0.25, 0.3) is 10.9 Å². The number of carbonyl (C=O) groups is 3. The Balaban J connectivity index is 1.36. The average Bonchev–Trinajstić information content (AvgIpc) is 3.05. The fourth-order valence-electron chi connectivity index (χ4n) is 6.26. The van der Waals surface area contributed by atoms with Crippen LogP contribution in [0.3, 0.4) is 0 Å². The van der Waals surface area contributed by atoms with Crippen molar-refractivity contribution in [3.63, 3.8) is 0 Å². The van der Waals surface area contributed by atoms with Gasteiger partial charge in [0.2, 0.25) is 11.8 Å². The van der Waals surface area contributed by atoms with Crippen LogP contribution >= 0.6 is 11.6 Å². The Morgan fingerprint density at radius 2 is 1.96 bits per heavy atom. The minimum absolute atomic E-state index is 0.0790. The molecule has 3 aliphatic rings. The first-order valence-corrected chi connectivity index (χ1v) is 15.4. The molecule has 1 unspecified atom stereocenters. The molecule has 2 aromatic carbocycles. The molecule has 1 aliphatic carbocycles. The van der Waals surface area contributed by atoms with Gasteiger partial charge in [-0.1, -0.05) is 72.3 Å². The summed E-state index contributed by atoms with van der Waals surface area (Å²) in [5.41, 5.74) is 3.28. The van der Waals surface area contributed by atoms with Crippen molar-refractivity contribution >= 4 is 40.3 Å². The molecule has 2 N–H and O–H groups in total. The van der Waals surface area contributed by atoms with E-state index in [9.17, 15) is 19.5 Å². The van der Waals surface area contributed by atoms with Gasteiger partial charge in [0, 0.05) is 42.7 Å². The zero-order valence-electron chi connectivity index (χ0n) is 24.8. The third-order valence-electron chi connectivity index (χ3n) is 8.41. The van der Waals surface area contributed by atoms with Crippen molar-refractivity contribution in [2.24, 2.45) is 0 Å². The summed E-state index contributed by atoms with van der Waals surface area (Å²) in [6, 6.07) is 15.7. The van der Waals surface area contributed by atoms with Gasteiger partial charge < -0.3 is 20.2 Å². The van der Waals surface area contributed by atoms with Crippen molar-refractivity contribution in [3.8, 4) is 0 Å². The Morgan fingerprint density at radius 1 is 1.13 bits per heavy atom. The quantitative estimate of drug-likeness (QED) is 0.366. The van der Waals surface area contributed by atoms with Gasteiger partial charge in [0.1, 0.15) is 12.2 Å². The Hall–Kier alpha value is -4.51. The number of nitrogens with one attached hydrogen (secondary N) is 1. The highest BCUT2D eigenvalue weighted by molar-refractivity contribution is 6.35. The molecule has 232 valence electrons. The summed E-state index contributed by atoms with van der Waals surface area (Å²) in [5.74, 6) is -0.466. The lowest BCUT2D eigenvalue weighted by atomic mass is 9.94. The van der Waals surface area contributed by atoms with Crippen LogP contribution in [0.15, 0.2) is 97.3 Å². The molecule has 3 aromatic rings. The summed E-state index contributed by atoms with van der Waals surface area (Å²) in [6.07, 6.45) is 8.05. The van der Waals surface area contributed by atoms with Crippen LogP contribution in [-0.2, 0) is 22.7 Å². The number of nitrogens with zero attached hydrogens (tertiary/aromatic N) is 5. The lowest BCUT2D eigenvalue weighted by molar-refractivity contribution is -0.189. The smallest absolute Gasteiger partial charge is 0.334 e. The van der Waals surface area contributed by atoms with Crippen molar-refractivity contribution in [1.29, 1.82) is 0 Å². The molecule has 10 nitrogen and oxygen atoms in total. The third-order valence-corrected chi connectivity index (χ3v) is 8.74. The number of pyridine rings is 1. The summed E-state index contributed by atoms with van der Waals surface area (Å²) in [5, 5.41) is 17.6. The standard InChI is InChI=1S/C34H35ClN6O4/c1-2-17-39-22-31(43)40-29(18-23-10-13-26(42)14-11-23)33(44)38(20-25-12-15-28(35)27-9-6-16-36-32(25)27)21-30(40)41(39)34(45)37-19-24-7-4-3-5-8-24/h2-13,15-16,26,29-30,42H,1,14,17-22H2,(H,37,45)/t26?,29-,30-/m0/s1. The monoisotopic (exact) mass is 626 g/mol. The SMILES string of the molecule is C=CCN1CC(=O)N2[C@@H](CC3=CCC(O)C=C3)C(=O)N(Cc3ccc(Cl)c4cccnc34)C[C@@H]2N1C(=O)NCc1ccccc1. The van der Waals surface area contributed by atoms with Gasteiger partial charge in [-0.25, -0.2) is 14.8 Å². The number of aliphatic hydroxyl groups excluding tert-OH is 1. The highest BCUT2D eigenvalue weighted by Crippen LogP contribution is 2.33. The van der Waals surface area contributed by atoms with Gasteiger partial charge >= 0.3 is 6.03 Å². The predicted octanol–water partition coefficient (Wildman–Crippen LogP) is 4.02. The van der Waals surface area contributed by atoms with E-state index in [2.05, 4.69) is 16.9 Å². The van der Waals surface area contributed by atoms with E-state index in [0.717, 1.165) is 22.1 Å². The van der Waals surface area contributed by atoms with E-state index < -0.39 is 18.3 Å². The zero-order valence-corrected chi connectivity index (χ0v) is 25.5. The summed E-state index contributed by atoms with van der Waals surface area (Å²) >= 11 is 6.46. The Bertz CT molecular complexity index is 1680. The van der Waals surface area contributed by atoms with Crippen LogP contribution < -0.4 is 5.32 Å². The van der Waals surface area contributed by atoms with E-state index >= 15 is 0 Å². The first-order valence-electron chi connectivity index (χ1n) is 15.0. The number of benzene rings is 2. The van der Waals surface area contributed by atoms with Crippen molar-refractivity contribution in [2.75, 3.05) is 19.6 Å². The number of hydrazine groups is 1. The number of hydrogen-bond acceptors (Lipinski definition) is 6. The largest absolute Gasteiger partial charge is 0.389 e. The number of allylic oxidation sites excluding steroid dienone is 1. The van der Waals surface area contributed by atoms with E-state index in [0.29, 0.717) is 23.5 Å². The van der Waals surface area contributed by atoms with Crippen LogP contribution in [-0.4, -0.2) is 85.7 Å².